The largest absolute Gasteiger partial charge is 0.488 e. The van der Waals surface area contributed by atoms with E-state index in [1.807, 2.05) is 6.07 Å². The second-order valence-electron chi connectivity index (χ2n) is 5.49. The van der Waals surface area contributed by atoms with Crippen LogP contribution in [-0.4, -0.2) is 6.54 Å². The summed E-state index contributed by atoms with van der Waals surface area (Å²) in [5.41, 5.74) is 4.75. The zero-order chi connectivity index (χ0) is 15.2. The Kier molecular flexibility index (Phi) is 5.45. The highest BCUT2D eigenvalue weighted by molar-refractivity contribution is 5.44. The van der Waals surface area contributed by atoms with Gasteiger partial charge in [0.25, 0.3) is 0 Å². The van der Waals surface area contributed by atoms with Gasteiger partial charge in [0.2, 0.25) is 0 Å². The fourth-order valence-electron chi connectivity index (χ4n) is 2.33. The van der Waals surface area contributed by atoms with Crippen LogP contribution in [0.1, 0.15) is 41.4 Å². The monoisotopic (exact) mass is 287 g/mol. The summed E-state index contributed by atoms with van der Waals surface area (Å²) in [5, 5.41) is 3.36. The van der Waals surface area contributed by atoms with Gasteiger partial charge in [-0.15, -0.1) is 0 Å². The zero-order valence-electron chi connectivity index (χ0n) is 13.5. The molecule has 2 aromatic rings. The van der Waals surface area contributed by atoms with Gasteiger partial charge < -0.3 is 14.5 Å². The van der Waals surface area contributed by atoms with E-state index in [2.05, 4.69) is 45.1 Å². The van der Waals surface area contributed by atoms with Crippen molar-refractivity contribution in [3.63, 3.8) is 0 Å². The molecular formula is C18H25NO2. The van der Waals surface area contributed by atoms with Crippen molar-refractivity contribution in [1.29, 1.82) is 0 Å². The third-order valence-corrected chi connectivity index (χ3v) is 3.80. The molecule has 0 saturated carbocycles. The molecule has 1 aromatic heterocycles. The van der Waals surface area contributed by atoms with Crippen molar-refractivity contribution in [3.8, 4) is 5.75 Å². The molecule has 0 atom stereocenters. The Labute approximate surface area is 127 Å². The molecule has 0 saturated heterocycles. The SMILES string of the molecule is CCCNCc1occc1COc1c(C)ccc(C)c1C. The molecule has 1 aromatic carbocycles. The van der Waals surface area contributed by atoms with Gasteiger partial charge in [0.05, 0.1) is 12.8 Å². The van der Waals surface area contributed by atoms with Crippen molar-refractivity contribution in [1.82, 2.24) is 5.32 Å². The number of furan rings is 1. The van der Waals surface area contributed by atoms with E-state index in [9.17, 15) is 0 Å². The fraction of sp³-hybridized carbons (Fsp3) is 0.444. The van der Waals surface area contributed by atoms with Crippen molar-refractivity contribution in [2.24, 2.45) is 0 Å². The average molecular weight is 287 g/mol. The van der Waals surface area contributed by atoms with Gasteiger partial charge in [0.15, 0.2) is 0 Å². The van der Waals surface area contributed by atoms with E-state index in [-0.39, 0.29) is 0 Å². The van der Waals surface area contributed by atoms with Crippen molar-refractivity contribution < 1.29 is 9.15 Å². The first-order valence-corrected chi connectivity index (χ1v) is 7.59. The van der Waals surface area contributed by atoms with E-state index in [4.69, 9.17) is 9.15 Å². The Morgan fingerprint density at radius 1 is 1.10 bits per heavy atom. The lowest BCUT2D eigenvalue weighted by Crippen LogP contribution is -2.14. The topological polar surface area (TPSA) is 34.4 Å². The van der Waals surface area contributed by atoms with Crippen LogP contribution in [0, 0.1) is 20.8 Å². The first-order valence-electron chi connectivity index (χ1n) is 7.59. The van der Waals surface area contributed by atoms with Crippen LogP contribution >= 0.6 is 0 Å². The van der Waals surface area contributed by atoms with Crippen LogP contribution in [0.15, 0.2) is 28.9 Å². The summed E-state index contributed by atoms with van der Waals surface area (Å²) in [7, 11) is 0. The van der Waals surface area contributed by atoms with Crippen LogP contribution in [0.5, 0.6) is 5.75 Å². The molecule has 1 N–H and O–H groups in total. The van der Waals surface area contributed by atoms with Crippen molar-refractivity contribution in [3.05, 3.63) is 52.5 Å². The smallest absolute Gasteiger partial charge is 0.125 e. The summed E-state index contributed by atoms with van der Waals surface area (Å²) in [6.45, 7) is 10.8. The number of hydrogen-bond donors (Lipinski definition) is 1. The van der Waals surface area contributed by atoms with E-state index in [0.29, 0.717) is 6.61 Å². The number of aryl methyl sites for hydroxylation is 2. The van der Waals surface area contributed by atoms with Gasteiger partial charge in [-0.1, -0.05) is 19.1 Å². The Bertz CT molecular complexity index is 587. The molecule has 3 nitrogen and oxygen atoms in total. The maximum Gasteiger partial charge on any atom is 0.125 e. The van der Waals surface area contributed by atoms with Gasteiger partial charge in [-0.2, -0.15) is 0 Å². The maximum atomic E-state index is 6.05. The van der Waals surface area contributed by atoms with Crippen molar-refractivity contribution >= 4 is 0 Å². The number of hydrogen-bond acceptors (Lipinski definition) is 3. The van der Waals surface area contributed by atoms with Gasteiger partial charge in [0, 0.05) is 5.56 Å². The summed E-state index contributed by atoms with van der Waals surface area (Å²) in [4.78, 5) is 0. The zero-order valence-corrected chi connectivity index (χ0v) is 13.5. The Morgan fingerprint density at radius 3 is 2.62 bits per heavy atom. The lowest BCUT2D eigenvalue weighted by molar-refractivity contribution is 0.297. The van der Waals surface area contributed by atoms with Gasteiger partial charge >= 0.3 is 0 Å². The summed E-state index contributed by atoms with van der Waals surface area (Å²) >= 11 is 0. The summed E-state index contributed by atoms with van der Waals surface area (Å²) in [6, 6.07) is 6.23. The summed E-state index contributed by atoms with van der Waals surface area (Å²) < 4.78 is 11.6. The highest BCUT2D eigenvalue weighted by Crippen LogP contribution is 2.27. The highest BCUT2D eigenvalue weighted by Gasteiger charge is 2.10. The molecule has 2 rings (SSSR count). The standard InChI is InChI=1S/C18H25NO2/c1-5-9-19-11-17-16(8-10-20-17)12-21-18-14(3)7-6-13(2)15(18)4/h6-8,10,19H,5,9,11-12H2,1-4H3. The van der Waals surface area contributed by atoms with E-state index >= 15 is 0 Å². The molecule has 1 heterocycles. The molecule has 0 unspecified atom stereocenters. The van der Waals surface area contributed by atoms with Gasteiger partial charge in [0.1, 0.15) is 18.1 Å². The molecule has 0 spiro atoms. The highest BCUT2D eigenvalue weighted by atomic mass is 16.5. The molecule has 0 aliphatic rings. The third-order valence-electron chi connectivity index (χ3n) is 3.80. The lowest BCUT2D eigenvalue weighted by atomic mass is 10.1. The minimum Gasteiger partial charge on any atom is -0.488 e. The van der Waals surface area contributed by atoms with Crippen LogP contribution in [-0.2, 0) is 13.2 Å². The van der Waals surface area contributed by atoms with Gasteiger partial charge in [-0.05, 0) is 56.5 Å². The maximum absolute atomic E-state index is 6.05. The molecule has 0 fully saturated rings. The third kappa shape index (κ3) is 3.88. The molecule has 0 aliphatic carbocycles. The predicted octanol–water partition coefficient (Wildman–Crippen LogP) is 4.28. The Morgan fingerprint density at radius 2 is 1.86 bits per heavy atom. The number of rotatable bonds is 7. The first-order chi connectivity index (χ1) is 10.1. The lowest BCUT2D eigenvalue weighted by Gasteiger charge is -2.14. The fourth-order valence-corrected chi connectivity index (χ4v) is 2.33. The molecule has 114 valence electrons. The summed E-state index contributed by atoms with van der Waals surface area (Å²) in [6.07, 6.45) is 2.85. The second-order valence-corrected chi connectivity index (χ2v) is 5.49. The molecule has 0 amide bonds. The molecule has 21 heavy (non-hydrogen) atoms. The van der Waals surface area contributed by atoms with Crippen molar-refractivity contribution in [2.75, 3.05) is 6.54 Å². The van der Waals surface area contributed by atoms with Crippen LogP contribution < -0.4 is 10.1 Å². The number of nitrogens with one attached hydrogen (secondary N) is 1. The summed E-state index contributed by atoms with van der Waals surface area (Å²) in [5.74, 6) is 1.95. The van der Waals surface area contributed by atoms with E-state index in [1.165, 1.54) is 16.7 Å². The quantitative estimate of drug-likeness (QED) is 0.772. The average Bonchev–Trinajstić information content (AvgIpc) is 2.91. The van der Waals surface area contributed by atoms with Crippen LogP contribution in [0.25, 0.3) is 0 Å². The van der Waals surface area contributed by atoms with E-state index < -0.39 is 0 Å². The van der Waals surface area contributed by atoms with Crippen LogP contribution in [0.2, 0.25) is 0 Å². The predicted molar refractivity (Wildman–Crippen MR) is 85.7 cm³/mol. The second kappa shape index (κ2) is 7.32. The number of benzene rings is 1. The van der Waals surface area contributed by atoms with Crippen LogP contribution in [0.3, 0.4) is 0 Å². The minimum absolute atomic E-state index is 0.546. The van der Waals surface area contributed by atoms with Crippen LogP contribution in [0.4, 0.5) is 0 Å². The number of ether oxygens (including phenoxy) is 1. The molecule has 0 radical (unpaired) electrons. The molecular weight excluding hydrogens is 262 g/mol. The van der Waals surface area contributed by atoms with Gasteiger partial charge in [-0.25, -0.2) is 0 Å². The van der Waals surface area contributed by atoms with E-state index in [1.54, 1.807) is 6.26 Å². The van der Waals surface area contributed by atoms with E-state index in [0.717, 1.165) is 36.6 Å². The first kappa shape index (κ1) is 15.6. The normalized spacial score (nSPS) is 10.9. The Hall–Kier alpha value is -1.74. The molecule has 0 aliphatic heterocycles. The molecule has 3 heteroatoms. The minimum atomic E-state index is 0.546. The Balaban J connectivity index is 2.04. The van der Waals surface area contributed by atoms with Crippen molar-refractivity contribution in [2.45, 2.75) is 47.3 Å². The molecule has 0 bridgehead atoms. The van der Waals surface area contributed by atoms with Gasteiger partial charge in [-0.3, -0.25) is 0 Å².